The molecule has 0 saturated heterocycles. The Kier molecular flexibility index (Phi) is 4.56. The molecule has 0 aromatic heterocycles. The number of hydrogen-bond acceptors (Lipinski definition) is 3. The van der Waals surface area contributed by atoms with Gasteiger partial charge in [-0.1, -0.05) is 6.42 Å². The molecule has 3 aliphatic carbocycles. The van der Waals surface area contributed by atoms with Crippen molar-refractivity contribution in [2.45, 2.75) is 70.6 Å². The maximum absolute atomic E-state index is 12.7. The Labute approximate surface area is 126 Å². The second-order valence-electron chi connectivity index (χ2n) is 7.31. The summed E-state index contributed by atoms with van der Waals surface area (Å²) in [5, 5.41) is 0. The Balaban J connectivity index is 1.58. The van der Waals surface area contributed by atoms with E-state index < -0.39 is 0 Å². The molecule has 3 saturated carbocycles. The molecule has 3 aliphatic rings. The van der Waals surface area contributed by atoms with Gasteiger partial charge in [0.15, 0.2) is 0 Å². The molecule has 0 bridgehead atoms. The minimum atomic E-state index is 0.0901. The highest BCUT2D eigenvalue weighted by molar-refractivity contribution is 5.88. The van der Waals surface area contributed by atoms with Crippen LogP contribution in [0.4, 0.5) is 0 Å². The normalized spacial score (nSPS) is 37.4. The van der Waals surface area contributed by atoms with E-state index in [4.69, 9.17) is 0 Å². The molecular formula is C18H26O3. The first kappa shape index (κ1) is 14.9. The molecule has 0 radical (unpaired) electrons. The van der Waals surface area contributed by atoms with Gasteiger partial charge in [0.2, 0.25) is 0 Å². The fraction of sp³-hybridized carbons (Fsp3) is 0.833. The summed E-state index contributed by atoms with van der Waals surface area (Å²) >= 11 is 0. The average molecular weight is 290 g/mol. The lowest BCUT2D eigenvalue weighted by atomic mass is 9.73. The van der Waals surface area contributed by atoms with Crippen molar-refractivity contribution in [3.8, 4) is 0 Å². The minimum Gasteiger partial charge on any atom is -0.299 e. The summed E-state index contributed by atoms with van der Waals surface area (Å²) in [5.41, 5.74) is 0. The minimum absolute atomic E-state index is 0.0901. The summed E-state index contributed by atoms with van der Waals surface area (Å²) in [4.78, 5) is 36.3. The molecule has 4 atom stereocenters. The molecule has 4 unspecified atom stereocenters. The predicted octanol–water partition coefficient (Wildman–Crippen LogP) is 3.49. The Bertz CT molecular complexity index is 402. The lowest BCUT2D eigenvalue weighted by molar-refractivity contribution is -0.131. The summed E-state index contributed by atoms with van der Waals surface area (Å²) in [6, 6.07) is 0. The molecule has 3 heteroatoms. The van der Waals surface area contributed by atoms with Crippen molar-refractivity contribution in [1.82, 2.24) is 0 Å². The smallest absolute Gasteiger partial charge is 0.139 e. The van der Waals surface area contributed by atoms with Crippen molar-refractivity contribution in [1.29, 1.82) is 0 Å². The summed E-state index contributed by atoms with van der Waals surface area (Å²) in [7, 11) is 0. The van der Waals surface area contributed by atoms with Crippen LogP contribution < -0.4 is 0 Å². The van der Waals surface area contributed by atoms with Gasteiger partial charge in [-0.15, -0.1) is 0 Å². The molecule has 0 heterocycles. The van der Waals surface area contributed by atoms with Gasteiger partial charge in [-0.25, -0.2) is 0 Å². The molecule has 0 amide bonds. The summed E-state index contributed by atoms with van der Waals surface area (Å²) in [6.45, 7) is 0. The number of ketones is 3. The Morgan fingerprint density at radius 3 is 1.43 bits per heavy atom. The van der Waals surface area contributed by atoms with E-state index in [-0.39, 0.29) is 23.7 Å². The number of rotatable bonds is 4. The molecule has 0 aromatic rings. The molecule has 116 valence electrons. The Morgan fingerprint density at radius 1 is 0.619 bits per heavy atom. The molecule has 0 spiro atoms. The SMILES string of the molecule is O=C1CCCC1CC1CCCC(CC2CCCC2=O)C1=O. The van der Waals surface area contributed by atoms with Crippen molar-refractivity contribution < 1.29 is 14.4 Å². The van der Waals surface area contributed by atoms with Crippen LogP contribution in [0.15, 0.2) is 0 Å². The van der Waals surface area contributed by atoms with Crippen molar-refractivity contribution in [2.24, 2.45) is 23.7 Å². The lowest BCUT2D eigenvalue weighted by Gasteiger charge is -2.30. The topological polar surface area (TPSA) is 51.2 Å². The number of carbonyl (C=O) groups is 3. The second-order valence-corrected chi connectivity index (χ2v) is 7.31. The average Bonchev–Trinajstić information content (AvgIpc) is 3.04. The fourth-order valence-electron chi connectivity index (χ4n) is 4.66. The third kappa shape index (κ3) is 3.27. The largest absolute Gasteiger partial charge is 0.299 e. The van der Waals surface area contributed by atoms with E-state index in [9.17, 15) is 14.4 Å². The first-order valence-electron chi connectivity index (χ1n) is 8.74. The number of hydrogen-bond donors (Lipinski definition) is 0. The first-order valence-corrected chi connectivity index (χ1v) is 8.74. The van der Waals surface area contributed by atoms with Crippen LogP contribution in [0.5, 0.6) is 0 Å². The van der Waals surface area contributed by atoms with Crippen LogP contribution in [0.1, 0.15) is 70.6 Å². The maximum Gasteiger partial charge on any atom is 0.139 e. The van der Waals surface area contributed by atoms with E-state index in [0.29, 0.717) is 30.2 Å². The van der Waals surface area contributed by atoms with Crippen molar-refractivity contribution in [2.75, 3.05) is 0 Å². The zero-order chi connectivity index (χ0) is 14.8. The van der Waals surface area contributed by atoms with E-state index >= 15 is 0 Å². The number of carbonyl (C=O) groups excluding carboxylic acids is 3. The van der Waals surface area contributed by atoms with E-state index in [2.05, 4.69) is 0 Å². The van der Waals surface area contributed by atoms with Crippen LogP contribution in [-0.2, 0) is 14.4 Å². The van der Waals surface area contributed by atoms with Crippen LogP contribution in [0, 0.1) is 23.7 Å². The van der Waals surface area contributed by atoms with E-state index in [1.54, 1.807) is 0 Å². The molecule has 3 nitrogen and oxygen atoms in total. The lowest BCUT2D eigenvalue weighted by Crippen LogP contribution is -2.32. The number of Topliss-reactive ketones (excluding diaryl/α,β-unsaturated/α-hetero) is 3. The van der Waals surface area contributed by atoms with Crippen LogP contribution in [0.2, 0.25) is 0 Å². The predicted molar refractivity (Wildman–Crippen MR) is 79.8 cm³/mol. The molecule has 0 N–H and O–H groups in total. The molecule has 21 heavy (non-hydrogen) atoms. The summed E-state index contributed by atoms with van der Waals surface area (Å²) < 4.78 is 0. The third-order valence-electron chi connectivity index (χ3n) is 5.91. The van der Waals surface area contributed by atoms with E-state index in [0.717, 1.165) is 57.8 Å². The van der Waals surface area contributed by atoms with Gasteiger partial charge < -0.3 is 0 Å². The third-order valence-corrected chi connectivity index (χ3v) is 5.91. The summed E-state index contributed by atoms with van der Waals surface area (Å²) in [5.74, 6) is 1.57. The van der Waals surface area contributed by atoms with Crippen molar-refractivity contribution in [3.63, 3.8) is 0 Å². The van der Waals surface area contributed by atoms with E-state index in [1.807, 2.05) is 0 Å². The van der Waals surface area contributed by atoms with Gasteiger partial charge in [-0.2, -0.15) is 0 Å². The molecule has 3 fully saturated rings. The molecule has 0 aliphatic heterocycles. The maximum atomic E-state index is 12.7. The van der Waals surface area contributed by atoms with Crippen LogP contribution in [0.3, 0.4) is 0 Å². The van der Waals surface area contributed by atoms with Gasteiger partial charge in [-0.3, -0.25) is 14.4 Å². The molecule has 0 aromatic carbocycles. The van der Waals surface area contributed by atoms with E-state index in [1.165, 1.54) is 0 Å². The Morgan fingerprint density at radius 2 is 1.05 bits per heavy atom. The van der Waals surface area contributed by atoms with Gasteiger partial charge in [0.1, 0.15) is 17.3 Å². The zero-order valence-corrected chi connectivity index (χ0v) is 12.8. The molecular weight excluding hydrogens is 264 g/mol. The van der Waals surface area contributed by atoms with Crippen LogP contribution in [0.25, 0.3) is 0 Å². The monoisotopic (exact) mass is 290 g/mol. The zero-order valence-electron chi connectivity index (χ0n) is 12.8. The highest BCUT2D eigenvalue weighted by Gasteiger charge is 2.37. The molecule has 3 rings (SSSR count). The first-order chi connectivity index (χ1) is 10.1. The quantitative estimate of drug-likeness (QED) is 0.796. The van der Waals surface area contributed by atoms with Crippen molar-refractivity contribution in [3.05, 3.63) is 0 Å². The van der Waals surface area contributed by atoms with Crippen LogP contribution >= 0.6 is 0 Å². The van der Waals surface area contributed by atoms with Gasteiger partial charge in [-0.05, 0) is 51.4 Å². The fourth-order valence-corrected chi connectivity index (χ4v) is 4.66. The highest BCUT2D eigenvalue weighted by atomic mass is 16.1. The van der Waals surface area contributed by atoms with Gasteiger partial charge >= 0.3 is 0 Å². The van der Waals surface area contributed by atoms with Gasteiger partial charge in [0.25, 0.3) is 0 Å². The Hall–Kier alpha value is -0.990. The van der Waals surface area contributed by atoms with Crippen LogP contribution in [-0.4, -0.2) is 17.3 Å². The highest BCUT2D eigenvalue weighted by Crippen LogP contribution is 2.38. The van der Waals surface area contributed by atoms with Gasteiger partial charge in [0.05, 0.1) is 0 Å². The van der Waals surface area contributed by atoms with Crippen molar-refractivity contribution >= 4 is 17.3 Å². The standard InChI is InChI=1S/C18H26O3/c19-16-8-2-4-12(16)10-14-6-1-7-15(18(14)21)11-13-5-3-9-17(13)20/h12-15H,1-11H2. The summed E-state index contributed by atoms with van der Waals surface area (Å²) in [6.07, 6.45) is 9.96. The van der Waals surface area contributed by atoms with Gasteiger partial charge in [0, 0.05) is 36.5 Å². The second kappa shape index (κ2) is 6.41.